The van der Waals surface area contributed by atoms with Crippen LogP contribution in [0.1, 0.15) is 46.2 Å². The Labute approximate surface area is 176 Å². The summed E-state index contributed by atoms with van der Waals surface area (Å²) in [5.41, 5.74) is 0.287. The number of aryl methyl sites for hydroxylation is 1. The van der Waals surface area contributed by atoms with Crippen LogP contribution in [0.25, 0.3) is 0 Å². The summed E-state index contributed by atoms with van der Waals surface area (Å²) in [6.45, 7) is 8.99. The van der Waals surface area contributed by atoms with Crippen LogP contribution in [0, 0.1) is 0 Å². The van der Waals surface area contributed by atoms with Crippen LogP contribution >= 0.6 is 0 Å². The molecular formula is C22H28N4O4. The van der Waals surface area contributed by atoms with Gasteiger partial charge in [-0.3, -0.25) is 19.2 Å². The van der Waals surface area contributed by atoms with E-state index in [4.69, 9.17) is 9.47 Å². The molecule has 1 fully saturated rings. The fourth-order valence-electron chi connectivity index (χ4n) is 3.86. The van der Waals surface area contributed by atoms with Gasteiger partial charge in [-0.05, 0) is 25.5 Å². The third-order valence-electron chi connectivity index (χ3n) is 5.71. The maximum Gasteiger partial charge on any atom is 0.250 e. The van der Waals surface area contributed by atoms with Crippen molar-refractivity contribution >= 4 is 23.3 Å². The van der Waals surface area contributed by atoms with Gasteiger partial charge in [-0.2, -0.15) is 5.10 Å². The molecule has 1 aromatic carbocycles. The minimum Gasteiger partial charge on any atom is -0.486 e. The number of hydrogen-bond donors (Lipinski definition) is 1. The van der Waals surface area contributed by atoms with Crippen LogP contribution in [0.5, 0.6) is 11.5 Å². The van der Waals surface area contributed by atoms with Gasteiger partial charge in [-0.25, -0.2) is 0 Å². The highest BCUT2D eigenvalue weighted by atomic mass is 16.6. The lowest BCUT2D eigenvalue weighted by molar-refractivity contribution is -0.123. The summed E-state index contributed by atoms with van der Waals surface area (Å²) in [5, 5.41) is 7.53. The normalized spacial score (nSPS) is 21.1. The quantitative estimate of drug-likeness (QED) is 0.838. The highest BCUT2D eigenvalue weighted by molar-refractivity contribution is 6.10. The van der Waals surface area contributed by atoms with Crippen molar-refractivity contribution in [2.45, 2.75) is 51.5 Å². The van der Waals surface area contributed by atoms with Gasteiger partial charge in [-0.1, -0.05) is 20.8 Å². The topological polar surface area (TPSA) is 85.7 Å². The molecule has 2 aliphatic heterocycles. The van der Waals surface area contributed by atoms with Crippen molar-refractivity contribution in [2.24, 2.45) is 7.05 Å². The van der Waals surface area contributed by atoms with Crippen LogP contribution < -0.4 is 19.7 Å². The second-order valence-electron chi connectivity index (χ2n) is 9.08. The van der Waals surface area contributed by atoms with Gasteiger partial charge in [0.25, 0.3) is 5.91 Å². The number of benzene rings is 1. The van der Waals surface area contributed by atoms with E-state index in [2.05, 4.69) is 31.2 Å². The van der Waals surface area contributed by atoms with Gasteiger partial charge in [0.1, 0.15) is 24.6 Å². The first-order valence-electron chi connectivity index (χ1n) is 10.2. The molecule has 1 N–H and O–H groups in total. The predicted octanol–water partition coefficient (Wildman–Crippen LogP) is 3.01. The van der Waals surface area contributed by atoms with E-state index in [0.717, 1.165) is 5.69 Å². The number of aromatic nitrogens is 2. The molecule has 0 saturated carbocycles. The largest absolute Gasteiger partial charge is 0.486 e. The molecule has 4 rings (SSSR count). The highest BCUT2D eigenvalue weighted by Gasteiger charge is 2.49. The van der Waals surface area contributed by atoms with Gasteiger partial charge in [0.05, 0.1) is 5.69 Å². The van der Waals surface area contributed by atoms with Crippen molar-refractivity contribution in [3.05, 3.63) is 30.0 Å². The molecule has 8 nitrogen and oxygen atoms in total. The molecule has 1 aromatic heterocycles. The standard InChI is InChI=1S/C22H28N4O4/c1-21(2,3)17-13-18(25(5)24-17)26-19(27)8-9-22(26,4)20(28)23-14-6-7-15-16(12-14)30-11-10-29-15/h6-7,12-13H,8-11H2,1-5H3,(H,23,28). The van der Waals surface area contributed by atoms with Gasteiger partial charge in [0, 0.05) is 36.7 Å². The lowest BCUT2D eigenvalue weighted by atomic mass is 9.92. The monoisotopic (exact) mass is 412 g/mol. The molecule has 2 aromatic rings. The van der Waals surface area contributed by atoms with Crippen LogP contribution in [-0.4, -0.2) is 40.3 Å². The summed E-state index contributed by atoms with van der Waals surface area (Å²) >= 11 is 0. The summed E-state index contributed by atoms with van der Waals surface area (Å²) in [6.07, 6.45) is 0.735. The smallest absolute Gasteiger partial charge is 0.250 e. The van der Waals surface area contributed by atoms with Crippen LogP contribution in [0.15, 0.2) is 24.3 Å². The molecule has 0 radical (unpaired) electrons. The molecule has 1 unspecified atom stereocenters. The van der Waals surface area contributed by atoms with Crippen LogP contribution in [0.3, 0.4) is 0 Å². The molecule has 3 heterocycles. The Bertz CT molecular complexity index is 1010. The predicted molar refractivity (Wildman–Crippen MR) is 113 cm³/mol. The number of amides is 2. The first kappa shape index (κ1) is 20.3. The molecule has 30 heavy (non-hydrogen) atoms. The molecule has 160 valence electrons. The van der Waals surface area contributed by atoms with Crippen molar-refractivity contribution in [1.29, 1.82) is 0 Å². The van der Waals surface area contributed by atoms with Gasteiger partial charge in [0.2, 0.25) is 5.91 Å². The summed E-state index contributed by atoms with van der Waals surface area (Å²) in [6, 6.07) is 7.20. The van der Waals surface area contributed by atoms with E-state index in [1.807, 2.05) is 6.07 Å². The van der Waals surface area contributed by atoms with E-state index in [0.29, 0.717) is 49.1 Å². The maximum absolute atomic E-state index is 13.3. The Balaban J connectivity index is 1.63. The highest BCUT2D eigenvalue weighted by Crippen LogP contribution is 2.38. The molecule has 1 atom stereocenters. The number of carbonyl (C=O) groups excluding carboxylic acids is 2. The number of nitrogens with one attached hydrogen (secondary N) is 1. The summed E-state index contributed by atoms with van der Waals surface area (Å²) in [5.74, 6) is 1.56. The van der Waals surface area contributed by atoms with E-state index in [-0.39, 0.29) is 17.2 Å². The Morgan fingerprint density at radius 1 is 1.17 bits per heavy atom. The fraction of sp³-hybridized carbons (Fsp3) is 0.500. The Morgan fingerprint density at radius 2 is 1.87 bits per heavy atom. The first-order valence-corrected chi connectivity index (χ1v) is 10.2. The van der Waals surface area contributed by atoms with E-state index in [1.165, 1.54) is 0 Å². The van der Waals surface area contributed by atoms with Crippen molar-refractivity contribution in [3.63, 3.8) is 0 Å². The second-order valence-corrected chi connectivity index (χ2v) is 9.08. The summed E-state index contributed by atoms with van der Waals surface area (Å²) in [7, 11) is 1.80. The second kappa shape index (κ2) is 7.04. The van der Waals surface area contributed by atoms with E-state index in [1.54, 1.807) is 41.8 Å². The van der Waals surface area contributed by atoms with Gasteiger partial charge in [0.15, 0.2) is 11.5 Å². The summed E-state index contributed by atoms with van der Waals surface area (Å²) in [4.78, 5) is 27.7. The minimum absolute atomic E-state index is 0.0849. The molecule has 2 amide bonds. The number of hydrogen-bond acceptors (Lipinski definition) is 5. The van der Waals surface area contributed by atoms with Gasteiger partial charge in [-0.15, -0.1) is 0 Å². The maximum atomic E-state index is 13.3. The van der Waals surface area contributed by atoms with E-state index in [9.17, 15) is 9.59 Å². The zero-order valence-electron chi connectivity index (χ0n) is 18.1. The van der Waals surface area contributed by atoms with Crippen LogP contribution in [0.4, 0.5) is 11.5 Å². The van der Waals surface area contributed by atoms with Crippen molar-refractivity contribution in [2.75, 3.05) is 23.4 Å². The zero-order valence-corrected chi connectivity index (χ0v) is 18.1. The lowest BCUT2D eigenvalue weighted by Crippen LogP contribution is -2.53. The molecule has 0 spiro atoms. The Morgan fingerprint density at radius 3 is 2.53 bits per heavy atom. The Kier molecular flexibility index (Phi) is 4.75. The number of rotatable bonds is 3. The van der Waals surface area contributed by atoms with Gasteiger partial charge < -0.3 is 14.8 Å². The molecule has 2 aliphatic rings. The minimum atomic E-state index is -1.02. The third-order valence-corrected chi connectivity index (χ3v) is 5.71. The van der Waals surface area contributed by atoms with E-state index < -0.39 is 5.54 Å². The number of ether oxygens (including phenoxy) is 2. The van der Waals surface area contributed by atoms with E-state index >= 15 is 0 Å². The molecule has 0 bridgehead atoms. The molecule has 0 aliphatic carbocycles. The van der Waals surface area contributed by atoms with Crippen LogP contribution in [-0.2, 0) is 22.1 Å². The van der Waals surface area contributed by atoms with Gasteiger partial charge >= 0.3 is 0 Å². The van der Waals surface area contributed by atoms with Crippen molar-refractivity contribution < 1.29 is 19.1 Å². The molecule has 8 heteroatoms. The number of carbonyl (C=O) groups is 2. The van der Waals surface area contributed by atoms with Crippen molar-refractivity contribution in [1.82, 2.24) is 9.78 Å². The number of anilines is 2. The SMILES string of the molecule is Cn1nc(C(C)(C)C)cc1N1C(=O)CCC1(C)C(=O)Nc1ccc2c(c1)OCCO2. The average Bonchev–Trinajstić information content (AvgIpc) is 3.21. The fourth-order valence-corrected chi connectivity index (χ4v) is 3.86. The number of nitrogens with zero attached hydrogens (tertiary/aromatic N) is 3. The number of fused-ring (bicyclic) bond motifs is 1. The Hall–Kier alpha value is -3.03. The lowest BCUT2D eigenvalue weighted by Gasteiger charge is -2.33. The van der Waals surface area contributed by atoms with Crippen molar-refractivity contribution in [3.8, 4) is 11.5 Å². The third kappa shape index (κ3) is 3.40. The molecular weight excluding hydrogens is 384 g/mol. The first-order chi connectivity index (χ1) is 14.1. The summed E-state index contributed by atoms with van der Waals surface area (Å²) < 4.78 is 12.8. The zero-order chi connectivity index (χ0) is 21.7. The average molecular weight is 412 g/mol. The molecule has 1 saturated heterocycles. The van der Waals surface area contributed by atoms with Crippen LogP contribution in [0.2, 0.25) is 0 Å².